The van der Waals surface area contributed by atoms with Crippen LogP contribution in [0.5, 0.6) is 5.75 Å². The van der Waals surface area contributed by atoms with Crippen molar-refractivity contribution in [3.8, 4) is 5.75 Å². The molecule has 0 radical (unpaired) electrons. The normalized spacial score (nSPS) is 17.1. The Morgan fingerprint density at radius 1 is 1.17 bits per heavy atom. The highest BCUT2D eigenvalue weighted by molar-refractivity contribution is 5.59. The van der Waals surface area contributed by atoms with Gasteiger partial charge < -0.3 is 15.0 Å². The smallest absolute Gasteiger partial charge is 0.243 e. The van der Waals surface area contributed by atoms with E-state index in [1.807, 2.05) is 18.2 Å². The van der Waals surface area contributed by atoms with Crippen LogP contribution in [-0.2, 0) is 12.8 Å². The summed E-state index contributed by atoms with van der Waals surface area (Å²) in [4.78, 5) is 6.97. The zero-order valence-corrected chi connectivity index (χ0v) is 14.6. The predicted octanol–water partition coefficient (Wildman–Crippen LogP) is 2.70. The van der Waals surface area contributed by atoms with E-state index in [4.69, 9.17) is 4.74 Å². The molecule has 1 saturated heterocycles. The lowest BCUT2D eigenvalue weighted by Gasteiger charge is -2.21. The standard InChI is InChI=1S/C18H25N5O/c1-4-14-15(5-2)21-22-18(20-14)19-13-10-11-23(12-13)16-8-6-7-9-17(16)24-3/h6-9,13H,4-5,10-12H2,1-3H3,(H,19,20,22). The molecule has 0 bridgehead atoms. The van der Waals surface area contributed by atoms with E-state index >= 15 is 0 Å². The first kappa shape index (κ1) is 16.5. The third-order valence-electron chi connectivity index (χ3n) is 4.46. The van der Waals surface area contributed by atoms with E-state index in [9.17, 15) is 0 Å². The van der Waals surface area contributed by atoms with Crippen molar-refractivity contribution in [1.29, 1.82) is 0 Å². The van der Waals surface area contributed by atoms with Crippen molar-refractivity contribution < 1.29 is 4.74 Å². The van der Waals surface area contributed by atoms with Crippen LogP contribution in [0.2, 0.25) is 0 Å². The van der Waals surface area contributed by atoms with Crippen LogP contribution in [0.3, 0.4) is 0 Å². The number of hydrogen-bond acceptors (Lipinski definition) is 6. The minimum absolute atomic E-state index is 0.314. The van der Waals surface area contributed by atoms with Gasteiger partial charge in [-0.25, -0.2) is 4.98 Å². The number of nitrogens with one attached hydrogen (secondary N) is 1. The molecule has 0 spiro atoms. The summed E-state index contributed by atoms with van der Waals surface area (Å²) < 4.78 is 5.47. The molecular weight excluding hydrogens is 302 g/mol. The maximum absolute atomic E-state index is 5.47. The van der Waals surface area contributed by atoms with Gasteiger partial charge >= 0.3 is 0 Å². The number of nitrogens with zero attached hydrogens (tertiary/aromatic N) is 4. The minimum atomic E-state index is 0.314. The Bertz CT molecular complexity index is 691. The van der Waals surface area contributed by atoms with Crippen LogP contribution in [0.25, 0.3) is 0 Å². The highest BCUT2D eigenvalue weighted by atomic mass is 16.5. The van der Waals surface area contributed by atoms with Crippen molar-refractivity contribution in [2.45, 2.75) is 39.2 Å². The summed E-state index contributed by atoms with van der Waals surface area (Å²) in [5.41, 5.74) is 3.17. The van der Waals surface area contributed by atoms with Crippen LogP contribution in [0.4, 0.5) is 11.6 Å². The van der Waals surface area contributed by atoms with Crippen molar-refractivity contribution in [2.24, 2.45) is 0 Å². The van der Waals surface area contributed by atoms with E-state index in [0.29, 0.717) is 12.0 Å². The monoisotopic (exact) mass is 327 g/mol. The maximum atomic E-state index is 5.47. The Kier molecular flexibility index (Phi) is 5.13. The fourth-order valence-electron chi connectivity index (χ4n) is 3.17. The largest absolute Gasteiger partial charge is 0.495 e. The number of anilines is 2. The van der Waals surface area contributed by atoms with Gasteiger partial charge in [-0.05, 0) is 31.4 Å². The molecular formula is C18H25N5O. The summed E-state index contributed by atoms with van der Waals surface area (Å²) in [5.74, 6) is 1.55. The van der Waals surface area contributed by atoms with Gasteiger partial charge in [0.05, 0.1) is 24.2 Å². The van der Waals surface area contributed by atoms with Crippen molar-refractivity contribution >= 4 is 11.6 Å². The molecule has 2 aromatic rings. The Hall–Kier alpha value is -2.37. The van der Waals surface area contributed by atoms with Gasteiger partial charge in [-0.3, -0.25) is 0 Å². The summed E-state index contributed by atoms with van der Waals surface area (Å²) in [6.07, 6.45) is 2.79. The fourth-order valence-corrected chi connectivity index (χ4v) is 3.17. The molecule has 1 fully saturated rings. The van der Waals surface area contributed by atoms with E-state index in [1.54, 1.807) is 7.11 Å². The molecule has 1 unspecified atom stereocenters. The maximum Gasteiger partial charge on any atom is 0.243 e. The molecule has 128 valence electrons. The topological polar surface area (TPSA) is 63.2 Å². The molecule has 3 rings (SSSR count). The minimum Gasteiger partial charge on any atom is -0.495 e. The number of aryl methyl sites for hydroxylation is 2. The first-order chi connectivity index (χ1) is 11.7. The van der Waals surface area contributed by atoms with Gasteiger partial charge in [-0.1, -0.05) is 26.0 Å². The summed E-state index contributed by atoms with van der Waals surface area (Å²) in [5, 5.41) is 12.0. The molecule has 1 aromatic carbocycles. The zero-order chi connectivity index (χ0) is 16.9. The van der Waals surface area contributed by atoms with E-state index in [-0.39, 0.29) is 0 Å². The van der Waals surface area contributed by atoms with Gasteiger partial charge in [0, 0.05) is 19.1 Å². The summed E-state index contributed by atoms with van der Waals surface area (Å²) in [7, 11) is 1.71. The molecule has 1 N–H and O–H groups in total. The first-order valence-corrected chi connectivity index (χ1v) is 8.62. The number of methoxy groups -OCH3 is 1. The molecule has 6 nitrogen and oxygen atoms in total. The number of rotatable bonds is 6. The van der Waals surface area contributed by atoms with Crippen LogP contribution >= 0.6 is 0 Å². The number of hydrogen-bond donors (Lipinski definition) is 1. The van der Waals surface area contributed by atoms with Gasteiger partial charge in [-0.2, -0.15) is 5.10 Å². The lowest BCUT2D eigenvalue weighted by molar-refractivity contribution is 0.415. The summed E-state index contributed by atoms with van der Waals surface area (Å²) in [6, 6.07) is 8.46. The third-order valence-corrected chi connectivity index (χ3v) is 4.46. The average Bonchev–Trinajstić information content (AvgIpc) is 3.09. The van der Waals surface area contributed by atoms with Crippen LogP contribution in [0.15, 0.2) is 24.3 Å². The second kappa shape index (κ2) is 7.47. The molecule has 0 saturated carbocycles. The lowest BCUT2D eigenvalue weighted by atomic mass is 10.2. The van der Waals surface area contributed by atoms with Crippen molar-refractivity contribution in [2.75, 3.05) is 30.4 Å². The Labute approximate surface area is 143 Å². The molecule has 0 aliphatic carbocycles. The van der Waals surface area contributed by atoms with Crippen LogP contribution < -0.4 is 15.0 Å². The molecule has 24 heavy (non-hydrogen) atoms. The molecule has 6 heteroatoms. The zero-order valence-electron chi connectivity index (χ0n) is 14.6. The summed E-state index contributed by atoms with van der Waals surface area (Å²) in [6.45, 7) is 6.08. The highest BCUT2D eigenvalue weighted by Gasteiger charge is 2.25. The number of para-hydroxylation sites is 2. The van der Waals surface area contributed by atoms with Crippen LogP contribution in [0, 0.1) is 0 Å². The average molecular weight is 327 g/mol. The second-order valence-electron chi connectivity index (χ2n) is 5.98. The highest BCUT2D eigenvalue weighted by Crippen LogP contribution is 2.30. The number of aromatic nitrogens is 3. The predicted molar refractivity (Wildman–Crippen MR) is 95.8 cm³/mol. The lowest BCUT2D eigenvalue weighted by Crippen LogP contribution is -2.27. The molecule has 2 heterocycles. The van der Waals surface area contributed by atoms with Gasteiger partial charge in [0.25, 0.3) is 0 Å². The van der Waals surface area contributed by atoms with Gasteiger partial charge in [0.1, 0.15) is 5.75 Å². The Balaban J connectivity index is 1.68. The van der Waals surface area contributed by atoms with E-state index < -0.39 is 0 Å². The van der Waals surface area contributed by atoms with E-state index in [0.717, 1.165) is 55.2 Å². The number of benzene rings is 1. The number of ether oxygens (including phenoxy) is 1. The Morgan fingerprint density at radius 3 is 2.71 bits per heavy atom. The summed E-state index contributed by atoms with van der Waals surface area (Å²) >= 11 is 0. The van der Waals surface area contributed by atoms with Crippen molar-refractivity contribution in [3.63, 3.8) is 0 Å². The van der Waals surface area contributed by atoms with Gasteiger partial charge in [-0.15, -0.1) is 5.10 Å². The quantitative estimate of drug-likeness (QED) is 0.880. The van der Waals surface area contributed by atoms with Gasteiger partial charge in [0.15, 0.2) is 0 Å². The van der Waals surface area contributed by atoms with E-state index in [2.05, 4.69) is 45.3 Å². The third kappa shape index (κ3) is 3.42. The molecule has 1 atom stereocenters. The van der Waals surface area contributed by atoms with Crippen LogP contribution in [-0.4, -0.2) is 41.4 Å². The molecule has 0 amide bonds. The molecule has 1 aliphatic rings. The van der Waals surface area contributed by atoms with Crippen molar-refractivity contribution in [3.05, 3.63) is 35.7 Å². The van der Waals surface area contributed by atoms with Crippen LogP contribution in [0.1, 0.15) is 31.7 Å². The molecule has 1 aromatic heterocycles. The first-order valence-electron chi connectivity index (χ1n) is 8.62. The fraction of sp³-hybridized carbons (Fsp3) is 0.500. The van der Waals surface area contributed by atoms with Gasteiger partial charge in [0.2, 0.25) is 5.95 Å². The second-order valence-corrected chi connectivity index (χ2v) is 5.98. The Morgan fingerprint density at radius 2 is 1.96 bits per heavy atom. The van der Waals surface area contributed by atoms with E-state index in [1.165, 1.54) is 0 Å². The SMILES string of the molecule is CCc1nnc(NC2CCN(c3ccccc3OC)C2)nc1CC. The van der Waals surface area contributed by atoms with Crippen molar-refractivity contribution in [1.82, 2.24) is 15.2 Å². The molecule has 1 aliphatic heterocycles.